The molecule has 2 rings (SSSR count). The lowest BCUT2D eigenvalue weighted by molar-refractivity contribution is -0.383. The van der Waals surface area contributed by atoms with Crippen LogP contribution >= 0.6 is 23.8 Å². The molecule has 27 heavy (non-hydrogen) atoms. The highest BCUT2D eigenvalue weighted by atomic mass is 35.5. The van der Waals surface area contributed by atoms with E-state index in [1.54, 1.807) is 31.4 Å². The number of hydrogen-bond acceptors (Lipinski definition) is 6. The predicted octanol–water partition coefficient (Wildman–Crippen LogP) is 3.40. The first-order valence-electron chi connectivity index (χ1n) is 7.69. The van der Waals surface area contributed by atoms with Crippen LogP contribution in [0.25, 0.3) is 0 Å². The number of rotatable bonds is 7. The van der Waals surface area contributed by atoms with Gasteiger partial charge in [0.2, 0.25) is 0 Å². The molecule has 0 aliphatic heterocycles. The van der Waals surface area contributed by atoms with Gasteiger partial charge in [-0.1, -0.05) is 11.6 Å². The van der Waals surface area contributed by atoms with Gasteiger partial charge in [-0.25, -0.2) is 0 Å². The number of anilines is 1. The van der Waals surface area contributed by atoms with Crippen LogP contribution < -0.4 is 15.4 Å². The second kappa shape index (κ2) is 9.81. The molecule has 0 radical (unpaired) electrons. The number of halogens is 1. The number of thiocarbonyl (C=S) groups is 1. The molecule has 0 heterocycles. The van der Waals surface area contributed by atoms with Crippen molar-refractivity contribution in [2.45, 2.75) is 0 Å². The molecular weight excluding hydrogens is 394 g/mol. The lowest BCUT2D eigenvalue weighted by Crippen LogP contribution is -2.34. The summed E-state index contributed by atoms with van der Waals surface area (Å²) in [5.74, 6) is 0.133. The summed E-state index contributed by atoms with van der Waals surface area (Å²) in [6.07, 6.45) is 0. The molecule has 0 aliphatic carbocycles. The second-order valence-electron chi connectivity index (χ2n) is 5.19. The maximum atomic E-state index is 12.2. The van der Waals surface area contributed by atoms with Gasteiger partial charge in [0.25, 0.3) is 11.6 Å². The number of carbonyl (C=O) groups excluding carboxylic acids is 1. The average Bonchev–Trinajstić information content (AvgIpc) is 2.63. The molecule has 2 aromatic carbocycles. The van der Waals surface area contributed by atoms with Crippen LogP contribution in [0, 0.1) is 10.1 Å². The highest BCUT2D eigenvalue weighted by molar-refractivity contribution is 7.80. The first kappa shape index (κ1) is 20.6. The third-order valence-corrected chi connectivity index (χ3v) is 3.74. The summed E-state index contributed by atoms with van der Waals surface area (Å²) in [4.78, 5) is 22.7. The zero-order chi connectivity index (χ0) is 19.8. The van der Waals surface area contributed by atoms with Crippen molar-refractivity contribution in [3.05, 3.63) is 63.2 Å². The van der Waals surface area contributed by atoms with Crippen molar-refractivity contribution >= 4 is 46.2 Å². The molecule has 2 aromatic rings. The molecule has 0 fully saturated rings. The lowest BCUT2D eigenvalue weighted by atomic mass is 10.2. The molecule has 0 aromatic heterocycles. The Bertz CT molecular complexity index is 845. The van der Waals surface area contributed by atoms with Crippen LogP contribution in [-0.4, -0.2) is 36.3 Å². The summed E-state index contributed by atoms with van der Waals surface area (Å²) in [7, 11) is 1.58. The van der Waals surface area contributed by atoms with Crippen molar-refractivity contribution < 1.29 is 19.2 Å². The summed E-state index contributed by atoms with van der Waals surface area (Å²) < 4.78 is 10.3. The van der Waals surface area contributed by atoms with Crippen molar-refractivity contribution in [3.63, 3.8) is 0 Å². The number of hydrogen-bond donors (Lipinski definition) is 2. The van der Waals surface area contributed by atoms with Crippen LogP contribution in [0.5, 0.6) is 5.75 Å². The smallest absolute Gasteiger partial charge is 0.294 e. The van der Waals surface area contributed by atoms with Gasteiger partial charge in [-0.05, 0) is 48.6 Å². The van der Waals surface area contributed by atoms with Gasteiger partial charge in [0.1, 0.15) is 18.0 Å². The molecule has 0 spiro atoms. The number of nitro groups is 1. The normalized spacial score (nSPS) is 10.1. The number of nitrogens with one attached hydrogen (secondary N) is 2. The minimum atomic E-state index is -0.596. The quantitative estimate of drug-likeness (QED) is 0.312. The highest BCUT2D eigenvalue weighted by Gasteiger charge is 2.16. The fourth-order valence-corrected chi connectivity index (χ4v) is 2.40. The van der Waals surface area contributed by atoms with Crippen LogP contribution in [0.3, 0.4) is 0 Å². The highest BCUT2D eigenvalue weighted by Crippen LogP contribution is 2.27. The van der Waals surface area contributed by atoms with Gasteiger partial charge in [0.05, 0.1) is 11.5 Å². The number of nitrogens with zero attached hydrogens (tertiary/aromatic N) is 1. The molecule has 1 amide bonds. The van der Waals surface area contributed by atoms with Crippen molar-refractivity contribution in [1.82, 2.24) is 5.32 Å². The van der Waals surface area contributed by atoms with E-state index in [9.17, 15) is 14.9 Å². The van der Waals surface area contributed by atoms with Crippen molar-refractivity contribution in [2.75, 3.05) is 25.6 Å². The van der Waals surface area contributed by atoms with Gasteiger partial charge < -0.3 is 14.8 Å². The molecule has 2 N–H and O–H groups in total. The minimum absolute atomic E-state index is 0.0779. The molecule has 0 aliphatic rings. The Morgan fingerprint density at radius 3 is 2.56 bits per heavy atom. The van der Waals surface area contributed by atoms with Crippen molar-refractivity contribution in [3.8, 4) is 5.75 Å². The van der Waals surface area contributed by atoms with E-state index in [0.717, 1.165) is 0 Å². The minimum Gasteiger partial charge on any atom is -0.491 e. The summed E-state index contributed by atoms with van der Waals surface area (Å²) in [6, 6.07) is 10.5. The Morgan fingerprint density at radius 1 is 1.22 bits per heavy atom. The van der Waals surface area contributed by atoms with Crippen molar-refractivity contribution in [1.29, 1.82) is 0 Å². The fourth-order valence-electron chi connectivity index (χ4n) is 2.04. The Labute approximate surface area is 165 Å². The van der Waals surface area contributed by atoms with Gasteiger partial charge >= 0.3 is 0 Å². The van der Waals surface area contributed by atoms with E-state index >= 15 is 0 Å². The Morgan fingerprint density at radius 2 is 1.93 bits per heavy atom. The topological polar surface area (TPSA) is 103 Å². The summed E-state index contributed by atoms with van der Waals surface area (Å²) in [5, 5.41) is 16.3. The second-order valence-corrected chi connectivity index (χ2v) is 6.04. The van der Waals surface area contributed by atoms with Crippen LogP contribution in [0.2, 0.25) is 5.02 Å². The van der Waals surface area contributed by atoms with Gasteiger partial charge in [-0.15, -0.1) is 0 Å². The number of methoxy groups -OCH3 is 1. The van der Waals surface area contributed by atoms with Crippen LogP contribution in [0.1, 0.15) is 10.4 Å². The van der Waals surface area contributed by atoms with E-state index in [1.807, 2.05) is 0 Å². The molecule has 0 saturated heterocycles. The predicted molar refractivity (Wildman–Crippen MR) is 106 cm³/mol. The van der Waals surface area contributed by atoms with E-state index < -0.39 is 10.8 Å². The molecule has 0 unspecified atom stereocenters. The molecule has 0 bridgehead atoms. The molecular formula is C17H16ClN3O5S. The maximum absolute atomic E-state index is 12.2. The number of ether oxygens (including phenoxy) is 2. The van der Waals surface area contributed by atoms with Crippen LogP contribution in [0.4, 0.5) is 11.4 Å². The Kier molecular flexibility index (Phi) is 7.47. The monoisotopic (exact) mass is 409 g/mol. The van der Waals surface area contributed by atoms with E-state index in [4.69, 9.17) is 33.3 Å². The molecule has 0 saturated carbocycles. The largest absolute Gasteiger partial charge is 0.491 e. The third-order valence-electron chi connectivity index (χ3n) is 3.30. The summed E-state index contributed by atoms with van der Waals surface area (Å²) >= 11 is 10.8. The SMILES string of the molecule is COCCOc1ccc(C(=O)NC(=S)Nc2ccc(Cl)cc2[N+](=O)[O-])cc1. The fraction of sp³-hybridized carbons (Fsp3) is 0.176. The number of carbonyl (C=O) groups is 1. The number of benzene rings is 2. The zero-order valence-electron chi connectivity index (χ0n) is 14.2. The average molecular weight is 410 g/mol. The molecule has 142 valence electrons. The first-order chi connectivity index (χ1) is 12.9. The standard InChI is InChI=1S/C17H16ClN3O5S/c1-25-8-9-26-13-5-2-11(3-6-13)16(22)20-17(27)19-14-7-4-12(18)10-15(14)21(23)24/h2-7,10H,8-9H2,1H3,(H2,19,20,22,27). The maximum Gasteiger partial charge on any atom is 0.294 e. The van der Waals surface area contributed by atoms with Gasteiger partial charge in [0, 0.05) is 23.8 Å². The van der Waals surface area contributed by atoms with Gasteiger partial charge in [-0.2, -0.15) is 0 Å². The molecule has 8 nitrogen and oxygen atoms in total. The zero-order valence-corrected chi connectivity index (χ0v) is 15.8. The number of nitro benzene ring substituents is 1. The van der Waals surface area contributed by atoms with E-state index in [-0.39, 0.29) is 21.5 Å². The Balaban J connectivity index is 1.98. The third kappa shape index (κ3) is 6.17. The molecule has 0 atom stereocenters. The Hall–Kier alpha value is -2.75. The number of amides is 1. The molecule has 10 heteroatoms. The van der Waals surface area contributed by atoms with E-state index in [0.29, 0.717) is 24.5 Å². The van der Waals surface area contributed by atoms with Crippen LogP contribution in [0.15, 0.2) is 42.5 Å². The van der Waals surface area contributed by atoms with E-state index in [2.05, 4.69) is 10.6 Å². The van der Waals surface area contributed by atoms with Gasteiger partial charge in [-0.3, -0.25) is 20.2 Å². The summed E-state index contributed by atoms with van der Waals surface area (Å²) in [5.41, 5.74) is 0.220. The van der Waals surface area contributed by atoms with Crippen LogP contribution in [-0.2, 0) is 4.74 Å². The van der Waals surface area contributed by atoms with Crippen molar-refractivity contribution in [2.24, 2.45) is 0 Å². The summed E-state index contributed by atoms with van der Waals surface area (Å²) in [6.45, 7) is 0.856. The van der Waals surface area contributed by atoms with E-state index in [1.165, 1.54) is 18.2 Å². The van der Waals surface area contributed by atoms with Gasteiger partial charge in [0.15, 0.2) is 5.11 Å². The first-order valence-corrected chi connectivity index (χ1v) is 8.47. The lowest BCUT2D eigenvalue weighted by Gasteiger charge is -2.11.